The van der Waals surface area contributed by atoms with E-state index in [-0.39, 0.29) is 0 Å². The molecule has 4 nitrogen and oxygen atoms in total. The standard InChI is InChI=1S/C16H25NO3/c1-19-15-10-12-7-8-17-14(6-4-3-5-9-18)13(12)11-16(15)20-2/h10-11,14,17-18H,3-9H2,1-2H3. The van der Waals surface area contributed by atoms with Crippen molar-refractivity contribution in [2.75, 3.05) is 27.4 Å². The summed E-state index contributed by atoms with van der Waals surface area (Å²) in [6.45, 7) is 1.30. The molecule has 1 unspecified atom stereocenters. The fourth-order valence-corrected chi connectivity index (χ4v) is 2.86. The van der Waals surface area contributed by atoms with Crippen LogP contribution in [-0.4, -0.2) is 32.5 Å². The number of methoxy groups -OCH3 is 2. The van der Waals surface area contributed by atoms with Gasteiger partial charge in [-0.2, -0.15) is 0 Å². The van der Waals surface area contributed by atoms with Crippen LogP contribution in [0.25, 0.3) is 0 Å². The van der Waals surface area contributed by atoms with Gasteiger partial charge in [0.15, 0.2) is 11.5 Å². The molecule has 0 saturated carbocycles. The summed E-state index contributed by atoms with van der Waals surface area (Å²) in [5.74, 6) is 1.61. The van der Waals surface area contributed by atoms with Gasteiger partial charge in [-0.15, -0.1) is 0 Å². The highest BCUT2D eigenvalue weighted by molar-refractivity contribution is 5.49. The van der Waals surface area contributed by atoms with Crippen molar-refractivity contribution < 1.29 is 14.6 Å². The molecular formula is C16H25NO3. The number of unbranched alkanes of at least 4 members (excludes halogenated alkanes) is 2. The molecule has 20 heavy (non-hydrogen) atoms. The zero-order valence-corrected chi connectivity index (χ0v) is 12.4. The Bertz CT molecular complexity index is 434. The highest BCUT2D eigenvalue weighted by atomic mass is 16.5. The number of ether oxygens (including phenoxy) is 2. The van der Waals surface area contributed by atoms with Crippen molar-refractivity contribution >= 4 is 0 Å². The first kappa shape index (κ1) is 15.1. The summed E-state index contributed by atoms with van der Waals surface area (Å²) in [7, 11) is 3.36. The normalized spacial score (nSPS) is 17.6. The number of hydrogen-bond acceptors (Lipinski definition) is 4. The molecule has 4 heteroatoms. The number of hydrogen-bond donors (Lipinski definition) is 2. The second-order valence-corrected chi connectivity index (χ2v) is 5.24. The van der Waals surface area contributed by atoms with Crippen LogP contribution in [0.4, 0.5) is 0 Å². The molecule has 0 aliphatic carbocycles. The van der Waals surface area contributed by atoms with Crippen molar-refractivity contribution in [2.24, 2.45) is 0 Å². The Morgan fingerprint density at radius 1 is 1.15 bits per heavy atom. The summed E-state index contributed by atoms with van der Waals surface area (Å²) in [4.78, 5) is 0. The Labute approximate surface area is 121 Å². The van der Waals surface area contributed by atoms with E-state index < -0.39 is 0 Å². The Hall–Kier alpha value is -1.26. The van der Waals surface area contributed by atoms with Gasteiger partial charge in [-0.25, -0.2) is 0 Å². The smallest absolute Gasteiger partial charge is 0.161 e. The highest BCUT2D eigenvalue weighted by Crippen LogP contribution is 2.36. The van der Waals surface area contributed by atoms with Crippen molar-refractivity contribution in [3.63, 3.8) is 0 Å². The summed E-state index contributed by atoms with van der Waals surface area (Å²) < 4.78 is 10.8. The fourth-order valence-electron chi connectivity index (χ4n) is 2.86. The topological polar surface area (TPSA) is 50.7 Å². The molecule has 1 aromatic rings. The summed E-state index contributed by atoms with van der Waals surface area (Å²) >= 11 is 0. The lowest BCUT2D eigenvalue weighted by Crippen LogP contribution is -2.29. The average molecular weight is 279 g/mol. The maximum atomic E-state index is 8.84. The van der Waals surface area contributed by atoms with Crippen LogP contribution in [0.2, 0.25) is 0 Å². The molecular weight excluding hydrogens is 254 g/mol. The van der Waals surface area contributed by atoms with Gasteiger partial charge >= 0.3 is 0 Å². The molecule has 0 amide bonds. The quantitative estimate of drug-likeness (QED) is 0.753. The number of fused-ring (bicyclic) bond motifs is 1. The van der Waals surface area contributed by atoms with E-state index in [0.29, 0.717) is 12.6 Å². The van der Waals surface area contributed by atoms with Crippen LogP contribution in [-0.2, 0) is 6.42 Å². The molecule has 0 saturated heterocycles. The molecule has 2 rings (SSSR count). The number of aliphatic hydroxyl groups excluding tert-OH is 1. The molecule has 2 N–H and O–H groups in total. The summed E-state index contributed by atoms with van der Waals surface area (Å²) in [5.41, 5.74) is 2.69. The van der Waals surface area contributed by atoms with Crippen LogP contribution in [0.15, 0.2) is 12.1 Å². The van der Waals surface area contributed by atoms with Gasteiger partial charge < -0.3 is 19.9 Å². The largest absolute Gasteiger partial charge is 0.493 e. The molecule has 1 aliphatic rings. The first-order valence-corrected chi connectivity index (χ1v) is 7.39. The van der Waals surface area contributed by atoms with E-state index >= 15 is 0 Å². The lowest BCUT2D eigenvalue weighted by molar-refractivity contribution is 0.280. The average Bonchev–Trinajstić information content (AvgIpc) is 2.50. The number of benzene rings is 1. The molecule has 0 fully saturated rings. The van der Waals surface area contributed by atoms with Gasteiger partial charge in [-0.3, -0.25) is 0 Å². The lowest BCUT2D eigenvalue weighted by Gasteiger charge is -2.28. The maximum absolute atomic E-state index is 8.84. The predicted molar refractivity (Wildman–Crippen MR) is 79.5 cm³/mol. The molecule has 0 radical (unpaired) electrons. The molecule has 1 aliphatic heterocycles. The van der Waals surface area contributed by atoms with E-state index in [4.69, 9.17) is 14.6 Å². The van der Waals surface area contributed by atoms with Crippen LogP contribution in [0.1, 0.15) is 42.9 Å². The lowest BCUT2D eigenvalue weighted by atomic mass is 9.90. The van der Waals surface area contributed by atoms with Gasteiger partial charge in [0.2, 0.25) is 0 Å². The van der Waals surface area contributed by atoms with E-state index in [0.717, 1.165) is 50.1 Å². The maximum Gasteiger partial charge on any atom is 0.161 e. The monoisotopic (exact) mass is 279 g/mol. The highest BCUT2D eigenvalue weighted by Gasteiger charge is 2.22. The third-order valence-corrected chi connectivity index (χ3v) is 3.96. The first-order chi connectivity index (χ1) is 9.80. The van der Waals surface area contributed by atoms with Crippen LogP contribution in [0.3, 0.4) is 0 Å². The Balaban J connectivity index is 2.12. The molecule has 0 bridgehead atoms. The van der Waals surface area contributed by atoms with Gasteiger partial charge in [-0.05, 0) is 49.1 Å². The molecule has 1 heterocycles. The molecule has 1 aromatic carbocycles. The summed E-state index contributed by atoms with van der Waals surface area (Å²) in [6, 6.07) is 4.60. The zero-order valence-electron chi connectivity index (χ0n) is 12.4. The van der Waals surface area contributed by atoms with Crippen molar-refractivity contribution in [2.45, 2.75) is 38.1 Å². The first-order valence-electron chi connectivity index (χ1n) is 7.39. The van der Waals surface area contributed by atoms with Crippen molar-refractivity contribution in [3.05, 3.63) is 23.3 Å². The SMILES string of the molecule is COc1cc2c(cc1OC)C(CCCCCO)NCC2. The number of nitrogens with one attached hydrogen (secondary N) is 1. The van der Waals surface area contributed by atoms with E-state index in [9.17, 15) is 0 Å². The third kappa shape index (κ3) is 3.44. The predicted octanol–water partition coefficient (Wildman–Crippen LogP) is 2.44. The van der Waals surface area contributed by atoms with E-state index in [1.54, 1.807) is 14.2 Å². The Kier molecular flexibility index (Phi) is 5.68. The van der Waals surface area contributed by atoms with Crippen LogP contribution < -0.4 is 14.8 Å². The van der Waals surface area contributed by atoms with Crippen LogP contribution in [0.5, 0.6) is 11.5 Å². The minimum absolute atomic E-state index is 0.291. The minimum atomic E-state index is 0.291. The fraction of sp³-hybridized carbons (Fsp3) is 0.625. The van der Waals surface area contributed by atoms with Gasteiger partial charge in [0.1, 0.15) is 0 Å². The van der Waals surface area contributed by atoms with Crippen LogP contribution >= 0.6 is 0 Å². The van der Waals surface area contributed by atoms with Gasteiger partial charge in [-0.1, -0.05) is 12.8 Å². The van der Waals surface area contributed by atoms with E-state index in [1.165, 1.54) is 11.1 Å². The minimum Gasteiger partial charge on any atom is -0.493 e. The van der Waals surface area contributed by atoms with Crippen LogP contribution in [0, 0.1) is 0 Å². The molecule has 112 valence electrons. The van der Waals surface area contributed by atoms with E-state index in [1.807, 2.05) is 0 Å². The summed E-state index contributed by atoms with van der Waals surface area (Å²) in [6.07, 6.45) is 5.24. The van der Waals surface area contributed by atoms with Crippen molar-refractivity contribution in [3.8, 4) is 11.5 Å². The third-order valence-electron chi connectivity index (χ3n) is 3.96. The Morgan fingerprint density at radius 2 is 1.90 bits per heavy atom. The Morgan fingerprint density at radius 3 is 2.60 bits per heavy atom. The number of aliphatic hydroxyl groups is 1. The van der Waals surface area contributed by atoms with Crippen molar-refractivity contribution in [1.82, 2.24) is 5.32 Å². The van der Waals surface area contributed by atoms with Gasteiger partial charge in [0.25, 0.3) is 0 Å². The van der Waals surface area contributed by atoms with Crippen molar-refractivity contribution in [1.29, 1.82) is 0 Å². The molecule has 0 aromatic heterocycles. The van der Waals surface area contributed by atoms with Gasteiger partial charge in [0, 0.05) is 12.6 Å². The zero-order chi connectivity index (χ0) is 14.4. The summed E-state index contributed by atoms with van der Waals surface area (Å²) in [5, 5.41) is 12.4. The molecule has 1 atom stereocenters. The van der Waals surface area contributed by atoms with E-state index in [2.05, 4.69) is 17.4 Å². The second-order valence-electron chi connectivity index (χ2n) is 5.24. The number of rotatable bonds is 7. The second kappa shape index (κ2) is 7.50. The molecule has 0 spiro atoms. The van der Waals surface area contributed by atoms with Gasteiger partial charge in [0.05, 0.1) is 14.2 Å².